The lowest BCUT2D eigenvalue weighted by molar-refractivity contribution is -0.138. The molecule has 1 aliphatic rings. The van der Waals surface area contributed by atoms with E-state index in [4.69, 9.17) is 17.3 Å². The van der Waals surface area contributed by atoms with Crippen molar-refractivity contribution in [2.45, 2.75) is 11.3 Å². The van der Waals surface area contributed by atoms with Gasteiger partial charge in [0.05, 0.1) is 5.25 Å². The smallest absolute Gasteiger partial charge is 0.327 e. The van der Waals surface area contributed by atoms with Gasteiger partial charge in [-0.15, -0.1) is 0 Å². The van der Waals surface area contributed by atoms with Crippen molar-refractivity contribution >= 4 is 50.2 Å². The van der Waals surface area contributed by atoms with E-state index >= 15 is 0 Å². The Kier molecular flexibility index (Phi) is 3.51. The lowest BCUT2D eigenvalue weighted by Gasteiger charge is -2.14. The fraction of sp³-hybridized carbons (Fsp3) is 0.200. The molecule has 0 radical (unpaired) electrons. The monoisotopic (exact) mass is 317 g/mol. The van der Waals surface area contributed by atoms with Gasteiger partial charge in [-0.1, -0.05) is 52.0 Å². The Labute approximate surface area is 111 Å². The molecule has 2 N–H and O–H groups in total. The second-order valence-corrected chi connectivity index (χ2v) is 6.08. The Morgan fingerprint density at radius 1 is 1.56 bits per heavy atom. The number of carboxylic acids is 1. The largest absolute Gasteiger partial charge is 0.480 e. The van der Waals surface area contributed by atoms with Crippen LogP contribution in [0.2, 0.25) is 0 Å². The number of rotatable bonds is 2. The molecule has 2 unspecified atom stereocenters. The van der Waals surface area contributed by atoms with Crippen LogP contribution in [0.25, 0.3) is 0 Å². The Hall–Kier alpha value is -0.590. The van der Waals surface area contributed by atoms with Crippen molar-refractivity contribution in [3.8, 4) is 0 Å². The van der Waals surface area contributed by atoms with Crippen molar-refractivity contribution < 1.29 is 9.90 Å². The third-order valence-corrected chi connectivity index (χ3v) is 4.28. The molecule has 1 aliphatic heterocycles. The molecule has 6 heteroatoms. The van der Waals surface area contributed by atoms with Crippen LogP contribution in [0, 0.1) is 0 Å². The first-order valence-corrected chi connectivity index (χ1v) is 6.61. The van der Waals surface area contributed by atoms with E-state index in [-0.39, 0.29) is 5.25 Å². The summed E-state index contributed by atoms with van der Waals surface area (Å²) in [5, 5.41) is 11.7. The van der Waals surface area contributed by atoms with Crippen LogP contribution in [0.3, 0.4) is 0 Å². The Morgan fingerprint density at radius 2 is 2.31 bits per heavy atom. The van der Waals surface area contributed by atoms with Gasteiger partial charge in [0.25, 0.3) is 0 Å². The standard InChI is InChI=1S/C10H8BrNO2S2/c11-6-3-1-2-5(4-6)8-7(9(13)14)12-10(15)16-8/h1-4,7-8H,(H,12,15)(H,13,14). The maximum Gasteiger partial charge on any atom is 0.327 e. The normalized spacial score (nSPS) is 24.2. The molecule has 16 heavy (non-hydrogen) atoms. The molecule has 0 aromatic heterocycles. The molecule has 3 nitrogen and oxygen atoms in total. The Balaban J connectivity index is 2.32. The van der Waals surface area contributed by atoms with E-state index in [9.17, 15) is 4.79 Å². The SMILES string of the molecule is O=C(O)C1NC(=S)SC1c1cccc(Br)c1. The maximum absolute atomic E-state index is 11.1. The summed E-state index contributed by atoms with van der Waals surface area (Å²) < 4.78 is 1.48. The van der Waals surface area contributed by atoms with Crippen molar-refractivity contribution in [1.82, 2.24) is 5.32 Å². The average Bonchev–Trinajstić information content (AvgIpc) is 2.60. The number of hydrogen-bond donors (Lipinski definition) is 2. The molecule has 84 valence electrons. The lowest BCUT2D eigenvalue weighted by atomic mass is 10.1. The summed E-state index contributed by atoms with van der Waals surface area (Å²) in [4.78, 5) is 11.1. The number of carbonyl (C=O) groups is 1. The molecule has 1 aromatic rings. The van der Waals surface area contributed by atoms with Gasteiger partial charge < -0.3 is 10.4 Å². The number of nitrogens with one attached hydrogen (secondary N) is 1. The van der Waals surface area contributed by atoms with E-state index in [1.54, 1.807) is 0 Å². The van der Waals surface area contributed by atoms with E-state index in [1.807, 2.05) is 24.3 Å². The number of carboxylic acid groups (broad SMARTS) is 1. The van der Waals surface area contributed by atoms with Crippen molar-refractivity contribution in [3.63, 3.8) is 0 Å². The van der Waals surface area contributed by atoms with E-state index in [1.165, 1.54) is 11.8 Å². The molecule has 1 heterocycles. The number of halogens is 1. The summed E-state index contributed by atoms with van der Waals surface area (Å²) in [5.41, 5.74) is 0.958. The number of thiocarbonyl (C=S) groups is 1. The summed E-state index contributed by atoms with van der Waals surface area (Å²) in [5.74, 6) is -0.877. The van der Waals surface area contributed by atoms with Gasteiger partial charge in [-0.3, -0.25) is 0 Å². The van der Waals surface area contributed by atoms with Crippen LogP contribution in [0.5, 0.6) is 0 Å². The van der Waals surface area contributed by atoms with Gasteiger partial charge in [-0.25, -0.2) is 4.79 Å². The van der Waals surface area contributed by atoms with Crippen LogP contribution in [0.1, 0.15) is 10.8 Å². The van der Waals surface area contributed by atoms with Crippen molar-refractivity contribution in [3.05, 3.63) is 34.3 Å². The van der Waals surface area contributed by atoms with Crippen LogP contribution in [0.15, 0.2) is 28.7 Å². The van der Waals surface area contributed by atoms with Gasteiger partial charge in [0.2, 0.25) is 0 Å². The molecule has 2 atom stereocenters. The zero-order valence-corrected chi connectivity index (χ0v) is 11.2. The summed E-state index contributed by atoms with van der Waals surface area (Å²) in [6, 6.07) is 6.98. The number of thioether (sulfide) groups is 1. The quantitative estimate of drug-likeness (QED) is 0.821. The lowest BCUT2D eigenvalue weighted by Crippen LogP contribution is -2.35. The molecular weight excluding hydrogens is 310 g/mol. The average molecular weight is 318 g/mol. The van der Waals surface area contributed by atoms with Crippen molar-refractivity contribution in [1.29, 1.82) is 0 Å². The second-order valence-electron chi connectivity index (χ2n) is 3.34. The third kappa shape index (κ3) is 2.39. The van der Waals surface area contributed by atoms with Gasteiger partial charge in [0.15, 0.2) is 0 Å². The second kappa shape index (κ2) is 4.73. The van der Waals surface area contributed by atoms with Crippen molar-refractivity contribution in [2.24, 2.45) is 0 Å². The van der Waals surface area contributed by atoms with Gasteiger partial charge in [-0.05, 0) is 17.7 Å². The van der Waals surface area contributed by atoms with E-state index in [2.05, 4.69) is 21.2 Å². The van der Waals surface area contributed by atoms with E-state index < -0.39 is 12.0 Å². The summed E-state index contributed by atoms with van der Waals surface area (Å²) in [6.45, 7) is 0. The van der Waals surface area contributed by atoms with Crippen LogP contribution in [-0.4, -0.2) is 21.4 Å². The molecule has 1 aromatic carbocycles. The number of hydrogen-bond acceptors (Lipinski definition) is 3. The van der Waals surface area contributed by atoms with Gasteiger partial charge in [0, 0.05) is 4.47 Å². The molecule has 0 saturated carbocycles. The van der Waals surface area contributed by atoms with Crippen LogP contribution in [0.4, 0.5) is 0 Å². The topological polar surface area (TPSA) is 49.3 Å². The Bertz CT molecular complexity index is 452. The number of benzene rings is 1. The third-order valence-electron chi connectivity index (χ3n) is 2.25. The summed E-state index contributed by atoms with van der Waals surface area (Å²) in [7, 11) is 0. The first kappa shape index (κ1) is 11.9. The minimum absolute atomic E-state index is 0.164. The molecule has 2 rings (SSSR count). The molecule has 0 bridgehead atoms. The minimum Gasteiger partial charge on any atom is -0.480 e. The summed E-state index contributed by atoms with van der Waals surface area (Å²) in [6.07, 6.45) is 0. The zero-order valence-electron chi connectivity index (χ0n) is 8.01. The zero-order chi connectivity index (χ0) is 11.7. The van der Waals surface area contributed by atoms with Gasteiger partial charge in [0.1, 0.15) is 10.4 Å². The first-order valence-electron chi connectivity index (χ1n) is 4.53. The Morgan fingerprint density at radius 3 is 2.94 bits per heavy atom. The predicted molar refractivity (Wildman–Crippen MR) is 71.6 cm³/mol. The van der Waals surface area contributed by atoms with E-state index in [0.29, 0.717) is 4.32 Å². The molecular formula is C10H8BrNO2S2. The highest BCUT2D eigenvalue weighted by molar-refractivity contribution is 9.10. The highest BCUT2D eigenvalue weighted by Gasteiger charge is 2.37. The van der Waals surface area contributed by atoms with Crippen LogP contribution >= 0.6 is 39.9 Å². The van der Waals surface area contributed by atoms with Gasteiger partial charge >= 0.3 is 5.97 Å². The van der Waals surface area contributed by atoms with Crippen molar-refractivity contribution in [2.75, 3.05) is 0 Å². The van der Waals surface area contributed by atoms with Crippen LogP contribution < -0.4 is 5.32 Å². The first-order chi connectivity index (χ1) is 7.58. The molecule has 0 amide bonds. The van der Waals surface area contributed by atoms with Gasteiger partial charge in [-0.2, -0.15) is 0 Å². The maximum atomic E-state index is 11.1. The highest BCUT2D eigenvalue weighted by Crippen LogP contribution is 2.38. The van der Waals surface area contributed by atoms with Crippen LogP contribution in [-0.2, 0) is 4.79 Å². The molecule has 1 saturated heterocycles. The van der Waals surface area contributed by atoms with E-state index in [0.717, 1.165) is 10.0 Å². The fourth-order valence-corrected chi connectivity index (χ4v) is 3.44. The minimum atomic E-state index is -0.877. The molecule has 0 aliphatic carbocycles. The predicted octanol–water partition coefficient (Wildman–Crippen LogP) is 2.56. The highest BCUT2D eigenvalue weighted by atomic mass is 79.9. The fourth-order valence-electron chi connectivity index (χ4n) is 1.56. The molecule has 1 fully saturated rings. The summed E-state index contributed by atoms with van der Waals surface area (Å²) >= 11 is 9.76. The number of aliphatic carboxylic acids is 1. The molecule has 0 spiro atoms.